The Morgan fingerprint density at radius 3 is 1.77 bits per heavy atom. The fraction of sp³-hybridized carbons (Fsp3) is 1.00. The van der Waals surface area contributed by atoms with E-state index >= 15 is 0 Å². The van der Waals surface area contributed by atoms with E-state index in [4.69, 9.17) is 9.47 Å². The van der Waals surface area contributed by atoms with Gasteiger partial charge in [0.05, 0.1) is 29.5 Å². The Labute approximate surface area is 134 Å². The van der Waals surface area contributed by atoms with Crippen LogP contribution in [-0.2, 0) is 9.47 Å². The molecule has 22 heavy (non-hydrogen) atoms. The Morgan fingerprint density at radius 2 is 1.36 bits per heavy atom. The van der Waals surface area contributed by atoms with Crippen molar-refractivity contribution in [3.63, 3.8) is 0 Å². The molecule has 0 aromatic carbocycles. The average molecular weight is 308 g/mol. The highest BCUT2D eigenvalue weighted by Gasteiger charge is 2.55. The molecule has 2 heterocycles. The number of epoxide rings is 2. The molecule has 6 atom stereocenters. The van der Waals surface area contributed by atoms with Crippen LogP contribution >= 0.6 is 0 Å². The normalized spacial score (nSPS) is 50.9. The first-order chi connectivity index (χ1) is 10.5. The summed E-state index contributed by atoms with van der Waals surface area (Å²) in [5.41, 5.74) is 0.463. The van der Waals surface area contributed by atoms with Gasteiger partial charge < -0.3 is 14.6 Å². The second-order valence-electron chi connectivity index (χ2n) is 8.93. The van der Waals surface area contributed by atoms with E-state index in [2.05, 4.69) is 13.8 Å². The first kappa shape index (κ1) is 15.4. The molecule has 0 amide bonds. The molecule has 4 fully saturated rings. The second kappa shape index (κ2) is 5.46. The zero-order valence-electron chi connectivity index (χ0n) is 14.2. The van der Waals surface area contributed by atoms with Gasteiger partial charge in [-0.1, -0.05) is 0 Å². The standard InChI is InChI=1S/C19H32O3/c1-18-9-7-13(11-16(18)21-18)3-5-15(20)6-4-14-8-10-19(2)17(12-14)22-19/h13-17,20H,3-12H2,1-2H3. The first-order valence-corrected chi connectivity index (χ1v) is 9.50. The molecule has 2 aliphatic carbocycles. The summed E-state index contributed by atoms with van der Waals surface area (Å²) in [7, 11) is 0. The smallest absolute Gasteiger partial charge is 0.0920 e. The van der Waals surface area contributed by atoms with Crippen LogP contribution in [0.1, 0.15) is 78.1 Å². The Hall–Kier alpha value is -0.120. The van der Waals surface area contributed by atoms with Gasteiger partial charge in [0, 0.05) is 0 Å². The number of rotatable bonds is 6. The molecule has 0 radical (unpaired) electrons. The van der Waals surface area contributed by atoms with Gasteiger partial charge in [-0.2, -0.15) is 0 Å². The maximum Gasteiger partial charge on any atom is 0.0920 e. The minimum atomic E-state index is -0.0955. The fourth-order valence-electron chi connectivity index (χ4n) is 4.96. The van der Waals surface area contributed by atoms with Crippen LogP contribution in [0.25, 0.3) is 0 Å². The molecule has 2 saturated heterocycles. The van der Waals surface area contributed by atoms with E-state index < -0.39 is 0 Å². The summed E-state index contributed by atoms with van der Waals surface area (Å²) in [6, 6.07) is 0. The summed E-state index contributed by atoms with van der Waals surface area (Å²) in [5, 5.41) is 10.3. The van der Waals surface area contributed by atoms with Gasteiger partial charge in [0.25, 0.3) is 0 Å². The van der Waals surface area contributed by atoms with Crippen molar-refractivity contribution in [3.8, 4) is 0 Å². The van der Waals surface area contributed by atoms with Crippen LogP contribution in [0.15, 0.2) is 0 Å². The maximum absolute atomic E-state index is 10.3. The third-order valence-electron chi connectivity index (χ3n) is 7.08. The van der Waals surface area contributed by atoms with Crippen LogP contribution < -0.4 is 0 Å². The highest BCUT2D eigenvalue weighted by atomic mass is 16.6. The number of ether oxygens (including phenoxy) is 2. The van der Waals surface area contributed by atoms with Crippen molar-refractivity contribution in [1.82, 2.24) is 0 Å². The maximum atomic E-state index is 10.3. The summed E-state index contributed by atoms with van der Waals surface area (Å²) in [6.07, 6.45) is 12.8. The van der Waals surface area contributed by atoms with Crippen molar-refractivity contribution >= 4 is 0 Å². The topological polar surface area (TPSA) is 45.3 Å². The molecule has 3 nitrogen and oxygen atoms in total. The van der Waals surface area contributed by atoms with Gasteiger partial charge in [-0.15, -0.1) is 0 Å². The molecular weight excluding hydrogens is 276 g/mol. The van der Waals surface area contributed by atoms with E-state index in [0.29, 0.717) is 12.2 Å². The van der Waals surface area contributed by atoms with E-state index in [1.54, 1.807) is 0 Å². The summed E-state index contributed by atoms with van der Waals surface area (Å²) >= 11 is 0. The van der Waals surface area contributed by atoms with E-state index in [0.717, 1.165) is 24.7 Å². The lowest BCUT2D eigenvalue weighted by molar-refractivity contribution is 0.128. The largest absolute Gasteiger partial charge is 0.393 e. The quantitative estimate of drug-likeness (QED) is 0.759. The Bertz CT molecular complexity index is 387. The molecule has 0 bridgehead atoms. The van der Waals surface area contributed by atoms with E-state index in [1.165, 1.54) is 51.4 Å². The molecule has 0 aromatic heterocycles. The number of aliphatic hydroxyl groups excluding tert-OH is 1. The third-order valence-corrected chi connectivity index (χ3v) is 7.08. The number of hydrogen-bond donors (Lipinski definition) is 1. The Balaban J connectivity index is 1.11. The van der Waals surface area contributed by atoms with Crippen LogP contribution in [0.4, 0.5) is 0 Å². The Morgan fingerprint density at radius 1 is 0.909 bits per heavy atom. The molecule has 0 spiro atoms. The van der Waals surface area contributed by atoms with Gasteiger partial charge in [0.1, 0.15) is 0 Å². The molecule has 2 saturated carbocycles. The summed E-state index contributed by atoms with van der Waals surface area (Å²) in [4.78, 5) is 0. The predicted molar refractivity (Wildman–Crippen MR) is 85.7 cm³/mol. The summed E-state index contributed by atoms with van der Waals surface area (Å²) < 4.78 is 11.6. The number of hydrogen-bond acceptors (Lipinski definition) is 3. The van der Waals surface area contributed by atoms with Gasteiger partial charge in [0.15, 0.2) is 0 Å². The van der Waals surface area contributed by atoms with E-state index in [9.17, 15) is 5.11 Å². The van der Waals surface area contributed by atoms with Gasteiger partial charge in [-0.05, 0) is 89.9 Å². The van der Waals surface area contributed by atoms with Gasteiger partial charge in [0.2, 0.25) is 0 Å². The summed E-state index contributed by atoms with van der Waals surface area (Å²) in [6.45, 7) is 4.50. The lowest BCUT2D eigenvalue weighted by atomic mass is 9.79. The molecule has 6 unspecified atom stereocenters. The van der Waals surface area contributed by atoms with Crippen LogP contribution in [0, 0.1) is 11.8 Å². The lowest BCUT2D eigenvalue weighted by Gasteiger charge is -2.25. The van der Waals surface area contributed by atoms with Crippen molar-refractivity contribution in [2.75, 3.05) is 0 Å². The SMILES string of the molecule is CC12CCC(CCC(O)CCC3CCC4(C)OC4C3)CC1O2. The van der Waals surface area contributed by atoms with Crippen molar-refractivity contribution in [1.29, 1.82) is 0 Å². The minimum Gasteiger partial charge on any atom is -0.393 e. The van der Waals surface area contributed by atoms with Crippen molar-refractivity contribution in [2.24, 2.45) is 11.8 Å². The average Bonchev–Trinajstić information content (AvgIpc) is 3.35. The summed E-state index contributed by atoms with van der Waals surface area (Å²) in [5.74, 6) is 1.57. The van der Waals surface area contributed by atoms with Crippen LogP contribution in [-0.4, -0.2) is 34.6 Å². The minimum absolute atomic E-state index is 0.0955. The zero-order valence-corrected chi connectivity index (χ0v) is 14.2. The van der Waals surface area contributed by atoms with Crippen LogP contribution in [0.2, 0.25) is 0 Å². The zero-order chi connectivity index (χ0) is 15.4. The molecule has 4 rings (SSSR count). The molecule has 126 valence electrons. The second-order valence-corrected chi connectivity index (χ2v) is 8.93. The first-order valence-electron chi connectivity index (χ1n) is 9.50. The fourth-order valence-corrected chi connectivity index (χ4v) is 4.96. The van der Waals surface area contributed by atoms with Crippen LogP contribution in [0.3, 0.4) is 0 Å². The lowest BCUT2D eigenvalue weighted by Crippen LogP contribution is -2.23. The molecule has 1 N–H and O–H groups in total. The highest BCUT2D eigenvalue weighted by molar-refractivity contribution is 5.04. The van der Waals surface area contributed by atoms with Gasteiger partial charge in [-0.25, -0.2) is 0 Å². The molecule has 3 heteroatoms. The monoisotopic (exact) mass is 308 g/mol. The van der Waals surface area contributed by atoms with E-state index in [-0.39, 0.29) is 17.3 Å². The van der Waals surface area contributed by atoms with Crippen molar-refractivity contribution in [2.45, 2.75) is 108 Å². The molecule has 2 aliphatic heterocycles. The molecular formula is C19H32O3. The number of fused-ring (bicyclic) bond motifs is 2. The highest BCUT2D eigenvalue weighted by Crippen LogP contribution is 2.51. The van der Waals surface area contributed by atoms with Crippen LogP contribution in [0.5, 0.6) is 0 Å². The molecule has 4 aliphatic rings. The van der Waals surface area contributed by atoms with E-state index in [1.807, 2.05) is 0 Å². The number of aliphatic hydroxyl groups is 1. The van der Waals surface area contributed by atoms with Gasteiger partial charge >= 0.3 is 0 Å². The van der Waals surface area contributed by atoms with Crippen molar-refractivity contribution in [3.05, 3.63) is 0 Å². The molecule has 0 aromatic rings. The Kier molecular flexibility index (Phi) is 3.82. The predicted octanol–water partition coefficient (Wildman–Crippen LogP) is 3.82. The van der Waals surface area contributed by atoms with Crippen molar-refractivity contribution < 1.29 is 14.6 Å². The van der Waals surface area contributed by atoms with Gasteiger partial charge in [-0.3, -0.25) is 0 Å². The third kappa shape index (κ3) is 3.09.